The quantitative estimate of drug-likeness (QED) is 0.0236. The van der Waals surface area contributed by atoms with Crippen molar-refractivity contribution in [2.75, 3.05) is 40.6 Å². The smallest absolute Gasteiger partial charge is 0.857 e. The standard InChI is InChI=1S/C25H19FN2O9.C18H19FO5S.C11H13FO3.C11H11FO2.2CH3O.3CH4.2Na.H2S/c26-18-6-12-21-17(13-18)5-11-22(36-21)23(37-25(30)16-3-9-20(10-4-16)28(33)34)14-35-24(29)15-1-7-19(8-2-15)27(31)32;1-12-2-6-15(7-3-12)25(21,22)23-11-16(20)18-8-4-13-10-14(19)5-9-17(13)24-18;12-8-2-4-10-7(5-8)1-3-11(15-10)9(14)6-13;12-8-2-4-9-7(5-8)1-3-10(14-9)11-6-13-11;2*1-2;;;;;;/h1-4,6-10,12-13,22-23H,5,11,14H2;2-3,5-7,9-10,16,18,20H,4,8,11H2,1H3;2,4-5,9,11,13-14H,1,3,6H2;2,4-5,10-11H,1,3,6H2;2*1H3;3*1H4;;;1H2/q;;;;2*-1;;;;2*+1;/t22?,23-;16-,18?;9-,11?;10?,11-;;;;;;;;/m1111......../s1. The van der Waals surface area contributed by atoms with Gasteiger partial charge in [0, 0.05) is 24.3 Å². The number of aryl methyl sites for hydroxylation is 5. The molecule has 5 aliphatic rings. The molecule has 7 aromatic rings. The monoisotopic (exact) mass is 1470 g/mol. The Balaban J connectivity index is 0.000000692. The molecule has 23 nitrogen and oxygen atoms in total. The van der Waals surface area contributed by atoms with Crippen molar-refractivity contribution in [2.24, 2.45) is 0 Å². The first-order chi connectivity index (χ1) is 45.6. The molecule has 3 N–H and O–H groups in total. The predicted molar refractivity (Wildman–Crippen MR) is 358 cm³/mol. The average molecular weight is 1470 g/mol. The first-order valence-corrected chi connectivity index (χ1v) is 31.0. The van der Waals surface area contributed by atoms with Crippen molar-refractivity contribution in [3.63, 3.8) is 0 Å². The Hall–Kier alpha value is -6.78. The molecule has 4 unspecified atom stereocenters. The number of carbonyl (C=O) groups is 2. The molecule has 7 aromatic carbocycles. The summed E-state index contributed by atoms with van der Waals surface area (Å²) in [5, 5.41) is 66.6. The fraction of sp³-hybridized carbons (Fsp3) is 0.371. The third-order valence-electron chi connectivity index (χ3n) is 15.2. The van der Waals surface area contributed by atoms with Crippen molar-refractivity contribution in [3.8, 4) is 23.0 Å². The Morgan fingerprint density at radius 3 is 1.30 bits per heavy atom. The van der Waals surface area contributed by atoms with Gasteiger partial charge in [0.2, 0.25) is 0 Å². The van der Waals surface area contributed by atoms with Gasteiger partial charge in [0.15, 0.2) is 6.10 Å². The molecule has 5 aliphatic heterocycles. The summed E-state index contributed by atoms with van der Waals surface area (Å²) in [7, 11) is -2.44. The number of carbonyl (C=O) groups excluding carboxylic acids is 2. The second kappa shape index (κ2) is 44.7. The molecule has 0 spiro atoms. The number of nitro benzene ring substituents is 2. The van der Waals surface area contributed by atoms with Crippen LogP contribution >= 0.6 is 13.5 Å². The number of halogens is 4. The van der Waals surface area contributed by atoms with Crippen LogP contribution in [0.5, 0.6) is 23.0 Å². The van der Waals surface area contributed by atoms with Crippen LogP contribution < -0.4 is 88.3 Å². The van der Waals surface area contributed by atoms with Gasteiger partial charge in [0.05, 0.1) is 45.7 Å². The number of epoxide rings is 1. The molecule has 0 radical (unpaired) electrons. The molecule has 8 atom stereocenters. The van der Waals surface area contributed by atoms with Crippen molar-refractivity contribution in [1.82, 2.24) is 0 Å². The van der Waals surface area contributed by atoms with Gasteiger partial charge in [-0.15, -0.1) is 0 Å². The maximum Gasteiger partial charge on any atom is 1.00 e. The minimum atomic E-state index is -3.94. The second-order valence-corrected chi connectivity index (χ2v) is 23.3. The maximum atomic E-state index is 13.6. The van der Waals surface area contributed by atoms with E-state index in [0.717, 1.165) is 85.9 Å². The molecule has 31 heteroatoms. The van der Waals surface area contributed by atoms with Gasteiger partial charge in [0.1, 0.15) is 95.6 Å². The molecule has 1 saturated heterocycles. The van der Waals surface area contributed by atoms with Crippen molar-refractivity contribution >= 4 is 46.9 Å². The summed E-state index contributed by atoms with van der Waals surface area (Å²) < 4.78 is 121. The minimum Gasteiger partial charge on any atom is -0.857 e. The van der Waals surface area contributed by atoms with Gasteiger partial charge < -0.3 is 58.7 Å². The van der Waals surface area contributed by atoms with E-state index in [9.17, 15) is 66.0 Å². The Labute approximate surface area is 635 Å². The van der Waals surface area contributed by atoms with Gasteiger partial charge in [-0.3, -0.25) is 24.4 Å². The maximum absolute atomic E-state index is 13.6. The molecule has 5 heterocycles. The summed E-state index contributed by atoms with van der Waals surface area (Å²) >= 11 is 0. The third-order valence-corrected chi connectivity index (χ3v) is 16.5. The number of ether oxygens (including phenoxy) is 7. The SMILES string of the molecule is C.C.C.C[O-].C[O-].Cc1ccc(S(=O)(=O)OC[C@@H](O)C2CCc3cc(F)ccc3O2)cc1.Fc1ccc2c(c1)CCC([C@H]1CO1)O2.O=C(OC[C@@H](OC(=O)c1ccc([N+](=O)[O-])cc1)C1CCc2cc(F)ccc2O1)c1ccc([N+](=O)[O-])cc1.OC[C@@H](O)C1CCc2cc(F)ccc2O1.S.[Na+].[Na+]. The summed E-state index contributed by atoms with van der Waals surface area (Å²) in [5.41, 5.74) is 3.79. The van der Waals surface area contributed by atoms with E-state index >= 15 is 0 Å². The molecule has 0 amide bonds. The molecule has 540 valence electrons. The fourth-order valence-electron chi connectivity index (χ4n) is 10.1. The van der Waals surface area contributed by atoms with E-state index in [2.05, 4.69) is 0 Å². The van der Waals surface area contributed by atoms with Gasteiger partial charge >= 0.3 is 71.1 Å². The number of aliphatic hydroxyl groups excluding tert-OH is 3. The minimum absolute atomic E-state index is 0. The zero-order chi connectivity index (χ0) is 68.9. The van der Waals surface area contributed by atoms with Crippen molar-refractivity contribution in [2.45, 2.75) is 134 Å². The molecule has 101 heavy (non-hydrogen) atoms. The average Bonchev–Trinajstić information content (AvgIpc) is 1.77. The fourth-order valence-corrected chi connectivity index (χ4v) is 11.0. The molecular formula is C70H82F4N2Na2O21S2. The van der Waals surface area contributed by atoms with E-state index in [1.165, 1.54) is 91.0 Å². The Kier molecular flexibility index (Phi) is 40.8. The van der Waals surface area contributed by atoms with Crippen molar-refractivity contribution in [3.05, 3.63) is 228 Å². The first kappa shape index (κ1) is 92.2. The summed E-state index contributed by atoms with van der Waals surface area (Å²) in [6.07, 6.45) is 0.440. The van der Waals surface area contributed by atoms with E-state index in [1.807, 2.05) is 6.92 Å². The van der Waals surface area contributed by atoms with Gasteiger partial charge in [-0.25, -0.2) is 27.2 Å². The van der Waals surface area contributed by atoms with Crippen LogP contribution in [-0.2, 0) is 54.2 Å². The zero-order valence-electron chi connectivity index (χ0n) is 54.0. The number of hydrogen-bond acceptors (Lipinski definition) is 21. The van der Waals surface area contributed by atoms with Crippen LogP contribution in [-0.4, -0.2) is 135 Å². The van der Waals surface area contributed by atoms with Crippen LogP contribution in [0.25, 0.3) is 0 Å². The predicted octanol–water partition coefficient (Wildman–Crippen LogP) is 3.79. The van der Waals surface area contributed by atoms with Crippen LogP contribution in [0.1, 0.15) is 96.5 Å². The van der Waals surface area contributed by atoms with Crippen LogP contribution in [0.15, 0.2) is 150 Å². The van der Waals surface area contributed by atoms with Crippen LogP contribution in [0.3, 0.4) is 0 Å². The van der Waals surface area contributed by atoms with E-state index in [-0.39, 0.29) is 159 Å². The van der Waals surface area contributed by atoms with Crippen LogP contribution in [0, 0.1) is 50.4 Å². The number of aliphatic hydroxyl groups is 3. The molecule has 0 aromatic heterocycles. The van der Waals surface area contributed by atoms with Gasteiger partial charge in [0.25, 0.3) is 21.5 Å². The van der Waals surface area contributed by atoms with Crippen molar-refractivity contribution in [1.29, 1.82) is 0 Å². The van der Waals surface area contributed by atoms with Gasteiger partial charge in [-0.05, 0) is 190 Å². The summed E-state index contributed by atoms with van der Waals surface area (Å²) in [6, 6.07) is 33.1. The Morgan fingerprint density at radius 1 is 0.535 bits per heavy atom. The van der Waals surface area contributed by atoms with Crippen LogP contribution in [0.4, 0.5) is 28.9 Å². The van der Waals surface area contributed by atoms with Gasteiger partial charge in [-0.1, -0.05) is 40.0 Å². The molecule has 12 rings (SSSR count). The van der Waals surface area contributed by atoms with E-state index < -0.39 is 87.6 Å². The number of non-ortho nitro benzene ring substituents is 2. The largest absolute Gasteiger partial charge is 1.00 e. The molecule has 0 bridgehead atoms. The number of nitrogens with zero attached hydrogens (tertiary/aromatic N) is 2. The normalized spacial score (nSPS) is 17.4. The van der Waals surface area contributed by atoms with E-state index in [0.29, 0.717) is 61.3 Å². The molecular weight excluding hydrogens is 1390 g/mol. The summed E-state index contributed by atoms with van der Waals surface area (Å²) in [5.74, 6) is -0.531. The Bertz CT molecular complexity index is 3850. The summed E-state index contributed by atoms with van der Waals surface area (Å²) in [4.78, 5) is 45.8. The Morgan fingerprint density at radius 2 is 0.901 bits per heavy atom. The van der Waals surface area contributed by atoms with E-state index in [4.69, 9.17) is 52.7 Å². The summed E-state index contributed by atoms with van der Waals surface area (Å²) in [6.45, 7) is 1.53. The zero-order valence-corrected chi connectivity index (χ0v) is 59.8. The number of hydrogen-bond donors (Lipinski definition) is 3. The number of benzene rings is 7. The first-order valence-electron chi connectivity index (χ1n) is 29.6. The molecule has 1 fully saturated rings. The van der Waals surface area contributed by atoms with Crippen LogP contribution in [0.2, 0.25) is 0 Å². The number of fused-ring (bicyclic) bond motifs is 4. The van der Waals surface area contributed by atoms with Gasteiger partial charge in [-0.2, -0.15) is 36.1 Å². The molecule has 0 saturated carbocycles. The second-order valence-electron chi connectivity index (χ2n) is 21.7. The van der Waals surface area contributed by atoms with Crippen molar-refractivity contribution < 1.29 is 167 Å². The number of nitro groups is 2. The topological polar surface area (TPSA) is 339 Å². The van der Waals surface area contributed by atoms with E-state index in [1.54, 1.807) is 30.3 Å². The number of rotatable bonds is 16. The molecule has 0 aliphatic carbocycles. The number of esters is 2. The third kappa shape index (κ3) is 27.1.